The second-order valence-corrected chi connectivity index (χ2v) is 8.32. The van der Waals surface area contributed by atoms with Gasteiger partial charge in [-0.3, -0.25) is 9.59 Å². The number of carbonyl (C=O) groups excluding carboxylic acids is 2. The molecule has 2 heterocycles. The standard InChI is InChI=1S/C24H25N3O5/c1-24(2)31-20-13-27(14-21(20)32-24)22(28)15-30-19-9-5-17(6-10-19)12-26-23(29)18-7-3-16(11-25)4-8-18/h3-10,20-21H,12-15H2,1-2H3,(H,26,29). The third-order valence-corrected chi connectivity index (χ3v) is 5.45. The van der Waals surface area contributed by atoms with E-state index in [4.69, 9.17) is 19.5 Å². The lowest BCUT2D eigenvalue weighted by atomic mass is 10.1. The monoisotopic (exact) mass is 435 g/mol. The summed E-state index contributed by atoms with van der Waals surface area (Å²) in [4.78, 5) is 26.4. The highest BCUT2D eigenvalue weighted by Crippen LogP contribution is 2.32. The van der Waals surface area contributed by atoms with Crippen molar-refractivity contribution in [2.75, 3.05) is 19.7 Å². The summed E-state index contributed by atoms with van der Waals surface area (Å²) in [6, 6.07) is 15.7. The van der Waals surface area contributed by atoms with Crippen LogP contribution in [0.15, 0.2) is 48.5 Å². The molecule has 2 saturated heterocycles. The molecule has 8 heteroatoms. The Labute approximate surface area is 186 Å². The van der Waals surface area contributed by atoms with Crippen molar-refractivity contribution >= 4 is 11.8 Å². The van der Waals surface area contributed by atoms with Crippen LogP contribution in [0, 0.1) is 11.3 Å². The van der Waals surface area contributed by atoms with Gasteiger partial charge in [-0.15, -0.1) is 0 Å². The molecule has 0 spiro atoms. The van der Waals surface area contributed by atoms with Crippen LogP contribution in [0.2, 0.25) is 0 Å². The molecule has 1 N–H and O–H groups in total. The molecule has 2 unspecified atom stereocenters. The fourth-order valence-corrected chi connectivity index (χ4v) is 3.85. The number of hydrogen-bond acceptors (Lipinski definition) is 6. The van der Waals surface area contributed by atoms with Gasteiger partial charge < -0.3 is 24.4 Å². The number of rotatable bonds is 6. The van der Waals surface area contributed by atoms with E-state index in [1.807, 2.05) is 32.0 Å². The molecule has 0 bridgehead atoms. The number of benzene rings is 2. The molecule has 2 aromatic rings. The normalized spacial score (nSPS) is 21.0. The minimum atomic E-state index is -0.593. The predicted octanol–water partition coefficient (Wildman–Crippen LogP) is 2.23. The average Bonchev–Trinajstić information content (AvgIpc) is 3.30. The Bertz CT molecular complexity index is 1010. The van der Waals surface area contributed by atoms with E-state index in [9.17, 15) is 9.59 Å². The molecule has 2 amide bonds. The van der Waals surface area contributed by atoms with E-state index >= 15 is 0 Å². The van der Waals surface area contributed by atoms with Gasteiger partial charge in [0.1, 0.15) is 18.0 Å². The van der Waals surface area contributed by atoms with Gasteiger partial charge in [-0.05, 0) is 55.8 Å². The van der Waals surface area contributed by atoms with E-state index < -0.39 is 5.79 Å². The van der Waals surface area contributed by atoms with Crippen LogP contribution >= 0.6 is 0 Å². The number of nitrogens with zero attached hydrogens (tertiary/aromatic N) is 2. The Balaban J connectivity index is 1.21. The predicted molar refractivity (Wildman–Crippen MR) is 115 cm³/mol. The van der Waals surface area contributed by atoms with Gasteiger partial charge in [-0.25, -0.2) is 0 Å². The first-order chi connectivity index (χ1) is 15.3. The minimum Gasteiger partial charge on any atom is -0.484 e. The second-order valence-electron chi connectivity index (χ2n) is 8.32. The van der Waals surface area contributed by atoms with Crippen LogP contribution in [0.3, 0.4) is 0 Å². The van der Waals surface area contributed by atoms with Crippen molar-refractivity contribution in [3.63, 3.8) is 0 Å². The van der Waals surface area contributed by atoms with Crippen LogP contribution in [0.1, 0.15) is 35.3 Å². The Morgan fingerprint density at radius 3 is 2.31 bits per heavy atom. The van der Waals surface area contributed by atoms with Gasteiger partial charge in [0.2, 0.25) is 0 Å². The zero-order valence-electron chi connectivity index (χ0n) is 18.0. The van der Waals surface area contributed by atoms with Crippen LogP contribution in [-0.2, 0) is 20.8 Å². The van der Waals surface area contributed by atoms with Crippen molar-refractivity contribution in [1.29, 1.82) is 5.26 Å². The smallest absolute Gasteiger partial charge is 0.260 e. The molecule has 4 rings (SSSR count). The summed E-state index contributed by atoms with van der Waals surface area (Å²) >= 11 is 0. The van der Waals surface area contributed by atoms with Gasteiger partial charge in [0.05, 0.1) is 11.6 Å². The number of carbonyl (C=O) groups is 2. The molecule has 32 heavy (non-hydrogen) atoms. The summed E-state index contributed by atoms with van der Waals surface area (Å²) < 4.78 is 17.2. The second kappa shape index (κ2) is 8.99. The van der Waals surface area contributed by atoms with E-state index in [1.54, 1.807) is 41.3 Å². The number of nitrogens with one attached hydrogen (secondary N) is 1. The topological polar surface area (TPSA) is 101 Å². The fraction of sp³-hybridized carbons (Fsp3) is 0.375. The molecule has 0 aromatic heterocycles. The van der Waals surface area contributed by atoms with E-state index in [0.29, 0.717) is 36.5 Å². The van der Waals surface area contributed by atoms with Crippen molar-refractivity contribution < 1.29 is 23.8 Å². The van der Waals surface area contributed by atoms with Crippen LogP contribution < -0.4 is 10.1 Å². The molecular formula is C24H25N3O5. The van der Waals surface area contributed by atoms with E-state index in [1.165, 1.54) is 0 Å². The van der Waals surface area contributed by atoms with Crippen LogP contribution in [0.4, 0.5) is 0 Å². The Morgan fingerprint density at radius 2 is 1.72 bits per heavy atom. The van der Waals surface area contributed by atoms with Crippen molar-refractivity contribution in [3.05, 3.63) is 65.2 Å². The van der Waals surface area contributed by atoms with E-state index in [0.717, 1.165) is 5.56 Å². The van der Waals surface area contributed by atoms with Gasteiger partial charge >= 0.3 is 0 Å². The summed E-state index contributed by atoms with van der Waals surface area (Å²) in [5, 5.41) is 11.7. The van der Waals surface area contributed by atoms with Gasteiger partial charge in [0.25, 0.3) is 11.8 Å². The summed E-state index contributed by atoms with van der Waals surface area (Å²) in [5.41, 5.74) is 1.90. The number of fused-ring (bicyclic) bond motifs is 1. The summed E-state index contributed by atoms with van der Waals surface area (Å²) in [5.74, 6) is -0.339. The van der Waals surface area contributed by atoms with E-state index in [2.05, 4.69) is 5.32 Å². The zero-order chi connectivity index (χ0) is 22.7. The maximum atomic E-state index is 12.5. The number of amides is 2. The highest BCUT2D eigenvalue weighted by atomic mass is 16.8. The molecule has 0 saturated carbocycles. The van der Waals surface area contributed by atoms with E-state index in [-0.39, 0.29) is 30.6 Å². The van der Waals surface area contributed by atoms with Crippen LogP contribution in [0.25, 0.3) is 0 Å². The molecule has 2 aliphatic rings. The Hall–Kier alpha value is -3.41. The van der Waals surface area contributed by atoms with Gasteiger partial charge in [-0.2, -0.15) is 5.26 Å². The highest BCUT2D eigenvalue weighted by Gasteiger charge is 2.47. The van der Waals surface area contributed by atoms with Crippen molar-refractivity contribution in [3.8, 4) is 11.8 Å². The maximum Gasteiger partial charge on any atom is 0.260 e. The molecular weight excluding hydrogens is 410 g/mol. The Morgan fingerprint density at radius 1 is 1.09 bits per heavy atom. The molecule has 8 nitrogen and oxygen atoms in total. The molecule has 2 fully saturated rings. The number of ether oxygens (including phenoxy) is 3. The Kier molecular flexibility index (Phi) is 6.12. The zero-order valence-corrected chi connectivity index (χ0v) is 18.0. The molecule has 0 radical (unpaired) electrons. The lowest BCUT2D eigenvalue weighted by molar-refractivity contribution is -0.161. The summed E-state index contributed by atoms with van der Waals surface area (Å²) in [6.07, 6.45) is -0.180. The quantitative estimate of drug-likeness (QED) is 0.747. The van der Waals surface area contributed by atoms with Crippen LogP contribution in [-0.4, -0.2) is 54.4 Å². The first-order valence-electron chi connectivity index (χ1n) is 10.5. The third kappa shape index (κ3) is 5.07. The third-order valence-electron chi connectivity index (χ3n) is 5.45. The first kappa shape index (κ1) is 21.8. The number of nitriles is 1. The average molecular weight is 435 g/mol. The van der Waals surface area contributed by atoms with Crippen molar-refractivity contribution in [2.24, 2.45) is 0 Å². The fourth-order valence-electron chi connectivity index (χ4n) is 3.85. The van der Waals surface area contributed by atoms with Crippen molar-refractivity contribution in [1.82, 2.24) is 10.2 Å². The number of likely N-dealkylation sites (tertiary alicyclic amines) is 1. The molecule has 2 atom stereocenters. The van der Waals surface area contributed by atoms with Crippen LogP contribution in [0.5, 0.6) is 5.75 Å². The lowest BCUT2D eigenvalue weighted by Crippen LogP contribution is -2.36. The minimum absolute atomic E-state index is 0.0579. The lowest BCUT2D eigenvalue weighted by Gasteiger charge is -2.23. The highest BCUT2D eigenvalue weighted by molar-refractivity contribution is 5.94. The SMILES string of the molecule is CC1(C)OC2CN(C(=O)COc3ccc(CNC(=O)c4ccc(C#N)cc4)cc3)CC2O1. The largest absolute Gasteiger partial charge is 0.484 e. The van der Waals surface area contributed by atoms with Gasteiger partial charge in [-0.1, -0.05) is 12.1 Å². The summed E-state index contributed by atoms with van der Waals surface area (Å²) in [6.45, 7) is 5.07. The van der Waals surface area contributed by atoms with Gasteiger partial charge in [0.15, 0.2) is 12.4 Å². The number of hydrogen-bond donors (Lipinski definition) is 1. The van der Waals surface area contributed by atoms with Crippen molar-refractivity contribution in [2.45, 2.75) is 38.4 Å². The molecule has 166 valence electrons. The maximum absolute atomic E-state index is 12.5. The van der Waals surface area contributed by atoms with Gasteiger partial charge in [0, 0.05) is 25.2 Å². The summed E-state index contributed by atoms with van der Waals surface area (Å²) in [7, 11) is 0. The first-order valence-corrected chi connectivity index (χ1v) is 10.5. The molecule has 2 aliphatic heterocycles. The molecule has 2 aromatic carbocycles. The molecule has 0 aliphatic carbocycles.